The van der Waals surface area contributed by atoms with E-state index in [1.54, 1.807) is 11.0 Å². The van der Waals surface area contributed by atoms with E-state index in [1.165, 1.54) is 24.3 Å². The number of ether oxygens (including phenoxy) is 1. The average Bonchev–Trinajstić information content (AvgIpc) is 2.72. The van der Waals surface area contributed by atoms with Crippen molar-refractivity contribution in [2.75, 3.05) is 37.7 Å². The van der Waals surface area contributed by atoms with E-state index in [1.807, 2.05) is 19.1 Å². The standard InChI is InChI=1S/C20H21N3O5/c1-15-12-16(13-24)2-7-19(15)21-8-10-22(11-9-21)20(25)14-28-18-5-3-17(4-6-18)23(26)27/h2-7,12-13H,8-11,14H2,1H3. The monoisotopic (exact) mass is 383 g/mol. The second kappa shape index (κ2) is 8.51. The van der Waals surface area contributed by atoms with E-state index in [-0.39, 0.29) is 18.2 Å². The number of hydrogen-bond donors (Lipinski definition) is 0. The van der Waals surface area contributed by atoms with Crippen molar-refractivity contribution in [2.24, 2.45) is 0 Å². The number of carbonyl (C=O) groups is 2. The molecule has 0 aromatic heterocycles. The van der Waals surface area contributed by atoms with Crippen LogP contribution >= 0.6 is 0 Å². The third-order valence-electron chi connectivity index (χ3n) is 4.74. The summed E-state index contributed by atoms with van der Waals surface area (Å²) in [5.41, 5.74) is 2.73. The molecule has 1 saturated heterocycles. The van der Waals surface area contributed by atoms with E-state index in [2.05, 4.69) is 4.90 Å². The predicted molar refractivity (Wildman–Crippen MR) is 104 cm³/mol. The number of rotatable bonds is 6. The molecule has 8 nitrogen and oxygen atoms in total. The molecule has 1 aliphatic rings. The summed E-state index contributed by atoms with van der Waals surface area (Å²) in [5.74, 6) is 0.300. The summed E-state index contributed by atoms with van der Waals surface area (Å²) in [7, 11) is 0. The minimum absolute atomic E-state index is 0.0220. The number of anilines is 1. The Kier molecular flexibility index (Phi) is 5.88. The Morgan fingerprint density at radius 1 is 1.14 bits per heavy atom. The van der Waals surface area contributed by atoms with Gasteiger partial charge < -0.3 is 14.5 Å². The molecule has 1 amide bonds. The molecule has 1 aliphatic heterocycles. The number of nitro groups is 1. The number of nitro benzene ring substituents is 1. The maximum Gasteiger partial charge on any atom is 0.269 e. The number of piperazine rings is 1. The molecule has 2 aromatic carbocycles. The fraction of sp³-hybridized carbons (Fsp3) is 0.300. The van der Waals surface area contributed by atoms with Crippen molar-refractivity contribution in [3.05, 3.63) is 63.7 Å². The van der Waals surface area contributed by atoms with E-state index in [4.69, 9.17) is 4.74 Å². The van der Waals surface area contributed by atoms with Crippen molar-refractivity contribution < 1.29 is 19.2 Å². The smallest absolute Gasteiger partial charge is 0.269 e. The highest BCUT2D eigenvalue weighted by Crippen LogP contribution is 2.22. The van der Waals surface area contributed by atoms with Gasteiger partial charge in [0.15, 0.2) is 6.61 Å². The summed E-state index contributed by atoms with van der Waals surface area (Å²) in [6.07, 6.45) is 0.832. The van der Waals surface area contributed by atoms with Gasteiger partial charge in [-0.2, -0.15) is 0 Å². The van der Waals surface area contributed by atoms with Crippen LogP contribution < -0.4 is 9.64 Å². The first-order valence-electron chi connectivity index (χ1n) is 8.94. The minimum Gasteiger partial charge on any atom is -0.484 e. The first kappa shape index (κ1) is 19.3. The topological polar surface area (TPSA) is 93.0 Å². The van der Waals surface area contributed by atoms with E-state index in [0.717, 1.165) is 17.5 Å². The lowest BCUT2D eigenvalue weighted by atomic mass is 10.1. The van der Waals surface area contributed by atoms with Crippen LogP contribution in [0.15, 0.2) is 42.5 Å². The third-order valence-corrected chi connectivity index (χ3v) is 4.74. The molecule has 1 fully saturated rings. The number of nitrogens with zero attached hydrogens (tertiary/aromatic N) is 3. The highest BCUT2D eigenvalue weighted by Gasteiger charge is 2.22. The maximum absolute atomic E-state index is 12.4. The van der Waals surface area contributed by atoms with Gasteiger partial charge in [-0.25, -0.2) is 0 Å². The van der Waals surface area contributed by atoms with Crippen molar-refractivity contribution in [3.63, 3.8) is 0 Å². The number of carbonyl (C=O) groups excluding carboxylic acids is 2. The zero-order valence-corrected chi connectivity index (χ0v) is 15.5. The van der Waals surface area contributed by atoms with E-state index in [9.17, 15) is 19.7 Å². The Balaban J connectivity index is 1.51. The molecule has 8 heteroatoms. The largest absolute Gasteiger partial charge is 0.484 e. The highest BCUT2D eigenvalue weighted by atomic mass is 16.6. The molecule has 2 aromatic rings. The molecular formula is C20H21N3O5. The van der Waals surface area contributed by atoms with Crippen LogP contribution in [0.2, 0.25) is 0 Å². The number of aldehydes is 1. The Morgan fingerprint density at radius 3 is 2.39 bits per heavy atom. The fourth-order valence-electron chi connectivity index (χ4n) is 3.20. The molecule has 0 N–H and O–H groups in total. The molecule has 0 spiro atoms. The Morgan fingerprint density at radius 2 is 1.82 bits per heavy atom. The lowest BCUT2D eigenvalue weighted by Crippen LogP contribution is -2.50. The van der Waals surface area contributed by atoms with Crippen molar-refractivity contribution in [3.8, 4) is 5.75 Å². The van der Waals surface area contributed by atoms with Crippen LogP contribution in [-0.2, 0) is 4.79 Å². The average molecular weight is 383 g/mol. The highest BCUT2D eigenvalue weighted by molar-refractivity contribution is 5.78. The quantitative estimate of drug-likeness (QED) is 0.432. The van der Waals surface area contributed by atoms with E-state index >= 15 is 0 Å². The normalized spacial score (nSPS) is 13.9. The van der Waals surface area contributed by atoms with Crippen LogP contribution in [0, 0.1) is 17.0 Å². The Labute approximate surface area is 162 Å². The van der Waals surface area contributed by atoms with Crippen molar-refractivity contribution >= 4 is 23.6 Å². The number of non-ortho nitro benzene ring substituents is 1. The van der Waals surface area contributed by atoms with Crippen molar-refractivity contribution in [2.45, 2.75) is 6.92 Å². The second-order valence-electron chi connectivity index (χ2n) is 6.57. The first-order valence-corrected chi connectivity index (χ1v) is 8.94. The van der Waals surface area contributed by atoms with Crippen LogP contribution in [0.4, 0.5) is 11.4 Å². The Bertz CT molecular complexity index is 874. The third kappa shape index (κ3) is 4.46. The molecule has 28 heavy (non-hydrogen) atoms. The predicted octanol–water partition coefficient (Wildman–Crippen LogP) is 2.44. The van der Waals surface area contributed by atoms with E-state index in [0.29, 0.717) is 37.5 Å². The lowest BCUT2D eigenvalue weighted by molar-refractivity contribution is -0.384. The van der Waals surface area contributed by atoms with Crippen LogP contribution in [0.25, 0.3) is 0 Å². The van der Waals surface area contributed by atoms with Crippen molar-refractivity contribution in [1.29, 1.82) is 0 Å². The zero-order valence-electron chi connectivity index (χ0n) is 15.5. The molecule has 0 saturated carbocycles. The molecule has 3 rings (SSSR count). The molecule has 0 unspecified atom stereocenters. The zero-order chi connectivity index (χ0) is 20.1. The number of amides is 1. The van der Waals surface area contributed by atoms with Gasteiger partial charge in [-0.3, -0.25) is 19.7 Å². The second-order valence-corrected chi connectivity index (χ2v) is 6.57. The van der Waals surface area contributed by atoms with Crippen LogP contribution in [0.1, 0.15) is 15.9 Å². The molecule has 0 radical (unpaired) electrons. The van der Waals surface area contributed by atoms with Gasteiger partial charge in [0.25, 0.3) is 11.6 Å². The lowest BCUT2D eigenvalue weighted by Gasteiger charge is -2.36. The summed E-state index contributed by atoms with van der Waals surface area (Å²) >= 11 is 0. The molecule has 0 aliphatic carbocycles. The minimum atomic E-state index is -0.484. The number of benzene rings is 2. The summed E-state index contributed by atoms with van der Waals surface area (Å²) in [6, 6.07) is 11.2. The SMILES string of the molecule is Cc1cc(C=O)ccc1N1CCN(C(=O)COc2ccc([N+](=O)[O-])cc2)CC1. The van der Waals surface area contributed by atoms with Gasteiger partial charge in [0.1, 0.15) is 12.0 Å². The van der Waals surface area contributed by atoms with Crippen molar-refractivity contribution in [1.82, 2.24) is 4.90 Å². The molecular weight excluding hydrogens is 362 g/mol. The van der Waals surface area contributed by atoms with Gasteiger partial charge in [0, 0.05) is 49.6 Å². The maximum atomic E-state index is 12.4. The molecule has 146 valence electrons. The fourth-order valence-corrected chi connectivity index (χ4v) is 3.20. The van der Waals surface area contributed by atoms with Gasteiger partial charge >= 0.3 is 0 Å². The molecule has 0 bridgehead atoms. The van der Waals surface area contributed by atoms with Crippen LogP contribution in [0.3, 0.4) is 0 Å². The van der Waals surface area contributed by atoms with Gasteiger partial charge in [-0.05, 0) is 42.8 Å². The van der Waals surface area contributed by atoms with Gasteiger partial charge in [-0.1, -0.05) is 0 Å². The van der Waals surface area contributed by atoms with Gasteiger partial charge in [-0.15, -0.1) is 0 Å². The van der Waals surface area contributed by atoms with Gasteiger partial charge in [0.2, 0.25) is 0 Å². The Hall–Kier alpha value is -3.42. The van der Waals surface area contributed by atoms with Crippen LogP contribution in [0.5, 0.6) is 5.75 Å². The van der Waals surface area contributed by atoms with E-state index < -0.39 is 4.92 Å². The summed E-state index contributed by atoms with van der Waals surface area (Å²) in [4.78, 5) is 37.4. The summed E-state index contributed by atoms with van der Waals surface area (Å²) in [5, 5.41) is 10.7. The van der Waals surface area contributed by atoms with Crippen LogP contribution in [-0.4, -0.2) is 54.8 Å². The summed E-state index contributed by atoms with van der Waals surface area (Å²) < 4.78 is 5.45. The molecule has 0 atom stereocenters. The number of aryl methyl sites for hydroxylation is 1. The molecule has 1 heterocycles. The number of hydrogen-bond acceptors (Lipinski definition) is 6. The first-order chi connectivity index (χ1) is 13.5. The summed E-state index contributed by atoms with van der Waals surface area (Å²) in [6.45, 7) is 4.42. The van der Waals surface area contributed by atoms with Gasteiger partial charge in [0.05, 0.1) is 4.92 Å².